The number of nitrogens with one attached hydrogen (secondary N) is 1. The first kappa shape index (κ1) is 24.1. The molecule has 7 nitrogen and oxygen atoms in total. The summed E-state index contributed by atoms with van der Waals surface area (Å²) in [4.78, 5) is 12.8. The van der Waals surface area contributed by atoms with Crippen LogP contribution in [0.3, 0.4) is 0 Å². The molecule has 0 aliphatic carbocycles. The maximum absolute atomic E-state index is 12.8. The Morgan fingerprint density at radius 3 is 2.12 bits per heavy atom. The Morgan fingerprint density at radius 1 is 0.939 bits per heavy atom. The molecule has 3 rings (SSSR count). The number of para-hydroxylation sites is 1. The predicted molar refractivity (Wildman–Crippen MR) is 131 cm³/mol. The van der Waals surface area contributed by atoms with E-state index in [1.807, 2.05) is 32.0 Å². The normalized spacial score (nSPS) is 11.1. The van der Waals surface area contributed by atoms with Gasteiger partial charge in [-0.05, 0) is 54.8 Å². The summed E-state index contributed by atoms with van der Waals surface area (Å²) < 4.78 is 37.1. The standard InChI is InChI=1S/C25H28N2O5S/c1-17-7-6-8-18(2)24(17)27(33(5,29)30)16-19-9-11-20(12-10-19)25(28)26-22-15-21(31-3)13-14-23(22)32-4/h6-15H,16H2,1-5H3,(H,26,28). The lowest BCUT2D eigenvalue weighted by atomic mass is 10.1. The minimum atomic E-state index is -3.51. The monoisotopic (exact) mass is 468 g/mol. The Labute approximate surface area is 195 Å². The van der Waals surface area contributed by atoms with Crippen molar-refractivity contribution in [1.29, 1.82) is 0 Å². The topological polar surface area (TPSA) is 84.9 Å². The molecule has 3 aromatic rings. The van der Waals surface area contributed by atoms with Crippen LogP contribution in [0, 0.1) is 13.8 Å². The van der Waals surface area contributed by atoms with Gasteiger partial charge in [0.15, 0.2) is 0 Å². The maximum Gasteiger partial charge on any atom is 0.255 e. The van der Waals surface area contributed by atoms with Crippen LogP contribution < -0.4 is 19.1 Å². The summed E-state index contributed by atoms with van der Waals surface area (Å²) in [5.74, 6) is 0.787. The number of aryl methyl sites for hydroxylation is 2. The van der Waals surface area contributed by atoms with Crippen molar-refractivity contribution in [3.05, 3.63) is 82.9 Å². The van der Waals surface area contributed by atoms with Gasteiger partial charge >= 0.3 is 0 Å². The summed E-state index contributed by atoms with van der Waals surface area (Å²) in [7, 11) is -0.445. The number of rotatable bonds is 8. The van der Waals surface area contributed by atoms with Crippen LogP contribution in [-0.2, 0) is 16.6 Å². The Morgan fingerprint density at radius 2 is 1.58 bits per heavy atom. The molecule has 174 valence electrons. The molecule has 1 amide bonds. The molecular formula is C25H28N2O5S. The Hall–Kier alpha value is -3.52. The lowest BCUT2D eigenvalue weighted by Crippen LogP contribution is -2.30. The summed E-state index contributed by atoms with van der Waals surface area (Å²) in [6, 6.07) is 17.7. The van der Waals surface area contributed by atoms with Gasteiger partial charge in [-0.1, -0.05) is 30.3 Å². The quantitative estimate of drug-likeness (QED) is 0.525. The molecule has 0 atom stereocenters. The lowest BCUT2D eigenvalue weighted by Gasteiger charge is -2.26. The molecule has 0 spiro atoms. The summed E-state index contributed by atoms with van der Waals surface area (Å²) in [5, 5.41) is 2.83. The number of hydrogen-bond acceptors (Lipinski definition) is 5. The van der Waals surface area contributed by atoms with Crippen LogP contribution in [-0.4, -0.2) is 34.8 Å². The second-order valence-corrected chi connectivity index (χ2v) is 9.63. The Balaban J connectivity index is 1.83. The summed E-state index contributed by atoms with van der Waals surface area (Å²) in [6.07, 6.45) is 1.20. The number of nitrogens with zero attached hydrogens (tertiary/aromatic N) is 1. The molecule has 0 aliphatic heterocycles. The molecule has 0 saturated carbocycles. The van der Waals surface area contributed by atoms with Crippen molar-refractivity contribution in [1.82, 2.24) is 0 Å². The third-order valence-electron chi connectivity index (χ3n) is 5.29. The van der Waals surface area contributed by atoms with Gasteiger partial charge in [-0.25, -0.2) is 8.42 Å². The molecule has 33 heavy (non-hydrogen) atoms. The molecule has 1 N–H and O–H groups in total. The molecule has 0 saturated heterocycles. The second-order valence-electron chi connectivity index (χ2n) is 7.73. The van der Waals surface area contributed by atoms with E-state index < -0.39 is 10.0 Å². The number of methoxy groups -OCH3 is 2. The van der Waals surface area contributed by atoms with Crippen molar-refractivity contribution >= 4 is 27.3 Å². The van der Waals surface area contributed by atoms with Gasteiger partial charge in [-0.3, -0.25) is 9.10 Å². The van der Waals surface area contributed by atoms with E-state index in [2.05, 4.69) is 5.32 Å². The van der Waals surface area contributed by atoms with Gasteiger partial charge in [0.25, 0.3) is 5.91 Å². The fourth-order valence-corrected chi connectivity index (χ4v) is 4.60. The van der Waals surface area contributed by atoms with Crippen molar-refractivity contribution in [2.45, 2.75) is 20.4 Å². The van der Waals surface area contributed by atoms with E-state index in [0.29, 0.717) is 28.4 Å². The molecule has 8 heteroatoms. The average Bonchev–Trinajstić information content (AvgIpc) is 2.78. The van der Waals surface area contributed by atoms with E-state index in [4.69, 9.17) is 9.47 Å². The maximum atomic E-state index is 12.8. The third kappa shape index (κ3) is 5.64. The highest BCUT2D eigenvalue weighted by Gasteiger charge is 2.21. The first-order valence-electron chi connectivity index (χ1n) is 10.3. The van der Waals surface area contributed by atoms with Crippen molar-refractivity contribution < 1.29 is 22.7 Å². The molecule has 0 radical (unpaired) electrons. The minimum absolute atomic E-state index is 0.163. The number of benzene rings is 3. The zero-order valence-corrected chi connectivity index (χ0v) is 20.2. The molecule has 0 aliphatic rings. The fourth-order valence-electron chi connectivity index (χ4n) is 3.59. The van der Waals surface area contributed by atoms with Crippen LogP contribution in [0.15, 0.2) is 60.7 Å². The van der Waals surface area contributed by atoms with Crippen LogP contribution >= 0.6 is 0 Å². The fraction of sp³-hybridized carbons (Fsp3) is 0.240. The predicted octanol–water partition coefficient (Wildman–Crippen LogP) is 4.54. The minimum Gasteiger partial charge on any atom is -0.497 e. The number of hydrogen-bond donors (Lipinski definition) is 1. The largest absolute Gasteiger partial charge is 0.497 e. The van der Waals surface area contributed by atoms with Crippen molar-refractivity contribution in [3.8, 4) is 11.5 Å². The van der Waals surface area contributed by atoms with Gasteiger partial charge in [-0.2, -0.15) is 0 Å². The number of sulfonamides is 1. The van der Waals surface area contributed by atoms with E-state index in [1.165, 1.54) is 17.7 Å². The lowest BCUT2D eigenvalue weighted by molar-refractivity contribution is 0.102. The molecule has 0 fully saturated rings. The van der Waals surface area contributed by atoms with Crippen LogP contribution in [0.4, 0.5) is 11.4 Å². The van der Waals surface area contributed by atoms with Crippen LogP contribution in [0.2, 0.25) is 0 Å². The number of anilines is 2. The summed E-state index contributed by atoms with van der Waals surface area (Å²) in [5.41, 5.74) is 4.11. The van der Waals surface area contributed by atoms with Crippen LogP contribution in [0.1, 0.15) is 27.0 Å². The zero-order valence-electron chi connectivity index (χ0n) is 19.4. The van der Waals surface area contributed by atoms with Gasteiger partial charge in [0.2, 0.25) is 10.0 Å². The molecule has 3 aromatic carbocycles. The van der Waals surface area contributed by atoms with Crippen LogP contribution in [0.5, 0.6) is 11.5 Å². The molecule has 0 bridgehead atoms. The number of ether oxygens (including phenoxy) is 2. The van der Waals surface area contributed by atoms with Gasteiger partial charge < -0.3 is 14.8 Å². The number of carbonyl (C=O) groups excluding carboxylic acids is 1. The highest BCUT2D eigenvalue weighted by molar-refractivity contribution is 7.92. The van der Waals surface area contributed by atoms with Gasteiger partial charge in [-0.15, -0.1) is 0 Å². The molecular weight excluding hydrogens is 440 g/mol. The van der Waals surface area contributed by atoms with Crippen molar-refractivity contribution in [3.63, 3.8) is 0 Å². The molecule has 0 heterocycles. The Bertz CT molecular complexity index is 1230. The van der Waals surface area contributed by atoms with E-state index in [-0.39, 0.29) is 12.5 Å². The van der Waals surface area contributed by atoms with Crippen LogP contribution in [0.25, 0.3) is 0 Å². The van der Waals surface area contributed by atoms with E-state index in [0.717, 1.165) is 16.7 Å². The highest BCUT2D eigenvalue weighted by Crippen LogP contribution is 2.30. The summed E-state index contributed by atoms with van der Waals surface area (Å²) >= 11 is 0. The number of carbonyl (C=O) groups is 1. The first-order valence-corrected chi connectivity index (χ1v) is 12.1. The van der Waals surface area contributed by atoms with Crippen molar-refractivity contribution in [2.24, 2.45) is 0 Å². The SMILES string of the molecule is COc1ccc(OC)c(NC(=O)c2ccc(CN(c3c(C)cccc3C)S(C)(=O)=O)cc2)c1. The molecule has 0 aromatic heterocycles. The third-order valence-corrected chi connectivity index (χ3v) is 6.40. The Kier molecular flexibility index (Phi) is 7.28. The van der Waals surface area contributed by atoms with E-state index >= 15 is 0 Å². The first-order chi connectivity index (χ1) is 15.6. The summed E-state index contributed by atoms with van der Waals surface area (Å²) in [6.45, 7) is 3.94. The van der Waals surface area contributed by atoms with Gasteiger partial charge in [0, 0.05) is 11.6 Å². The number of amides is 1. The second kappa shape index (κ2) is 9.95. The highest BCUT2D eigenvalue weighted by atomic mass is 32.2. The van der Waals surface area contributed by atoms with Gasteiger partial charge in [0.05, 0.1) is 38.4 Å². The smallest absolute Gasteiger partial charge is 0.255 e. The average molecular weight is 469 g/mol. The zero-order chi connectivity index (χ0) is 24.2. The van der Waals surface area contributed by atoms with Crippen molar-refractivity contribution in [2.75, 3.05) is 30.1 Å². The van der Waals surface area contributed by atoms with E-state index in [1.54, 1.807) is 49.6 Å². The van der Waals surface area contributed by atoms with E-state index in [9.17, 15) is 13.2 Å². The molecule has 0 unspecified atom stereocenters. The van der Waals surface area contributed by atoms with Gasteiger partial charge in [0.1, 0.15) is 11.5 Å².